The highest BCUT2D eigenvalue weighted by Crippen LogP contribution is 2.41. The van der Waals surface area contributed by atoms with Crippen molar-refractivity contribution in [2.45, 2.75) is 33.1 Å². The van der Waals surface area contributed by atoms with Gasteiger partial charge in [0.25, 0.3) is 0 Å². The average molecular weight is 756 g/mol. The second kappa shape index (κ2) is 20.3. The first-order chi connectivity index (χ1) is 26.7. The monoisotopic (exact) mass is 755 g/mol. The lowest BCUT2D eigenvalue weighted by molar-refractivity contribution is -0.121. The van der Waals surface area contributed by atoms with Crippen molar-refractivity contribution in [2.24, 2.45) is 0 Å². The lowest BCUT2D eigenvalue weighted by atomic mass is 10.1. The van der Waals surface area contributed by atoms with Crippen LogP contribution >= 0.6 is 0 Å². The van der Waals surface area contributed by atoms with Crippen LogP contribution in [0.5, 0.6) is 23.0 Å². The molecule has 55 heavy (non-hydrogen) atoms. The molecule has 0 spiro atoms. The first-order valence-corrected chi connectivity index (χ1v) is 18.5. The van der Waals surface area contributed by atoms with Crippen molar-refractivity contribution >= 4 is 35.1 Å². The molecule has 2 N–H and O–H groups in total. The van der Waals surface area contributed by atoms with Crippen LogP contribution in [-0.2, 0) is 16.0 Å². The van der Waals surface area contributed by atoms with Crippen LogP contribution in [0, 0.1) is 13.8 Å². The average Bonchev–Trinajstić information content (AvgIpc) is 3.18. The third-order valence-electron chi connectivity index (χ3n) is 9.26. The summed E-state index contributed by atoms with van der Waals surface area (Å²) in [5.41, 5.74) is 3.60. The quantitative estimate of drug-likeness (QED) is 0.117. The zero-order chi connectivity index (χ0) is 39.2. The van der Waals surface area contributed by atoms with Gasteiger partial charge in [0.2, 0.25) is 17.6 Å². The van der Waals surface area contributed by atoms with Crippen LogP contribution in [0.2, 0.25) is 0 Å². The molecule has 2 amide bonds. The molecule has 1 fully saturated rings. The fraction of sp³-hybridized carbons (Fsp3) is 0.415. The summed E-state index contributed by atoms with van der Waals surface area (Å²) in [5.74, 6) is 2.34. The van der Waals surface area contributed by atoms with Crippen molar-refractivity contribution in [1.82, 2.24) is 25.1 Å². The summed E-state index contributed by atoms with van der Waals surface area (Å²) in [5, 5.41) is 6.10. The number of nitrogens with zero attached hydrogens (tertiary/aromatic N) is 5. The normalized spacial score (nSPS) is 13.2. The van der Waals surface area contributed by atoms with Crippen molar-refractivity contribution < 1.29 is 33.3 Å². The molecule has 0 aliphatic carbocycles. The number of carbonyl (C=O) groups is 2. The Bertz CT molecular complexity index is 1860. The van der Waals surface area contributed by atoms with Crippen LogP contribution in [0.1, 0.15) is 29.5 Å². The number of para-hydroxylation sites is 1. The van der Waals surface area contributed by atoms with E-state index in [9.17, 15) is 9.59 Å². The van der Waals surface area contributed by atoms with E-state index in [1.807, 2.05) is 56.3 Å². The molecule has 0 bridgehead atoms. The van der Waals surface area contributed by atoms with Crippen molar-refractivity contribution in [1.29, 1.82) is 0 Å². The smallest absolute Gasteiger partial charge is 0.425 e. The van der Waals surface area contributed by atoms with E-state index in [1.54, 1.807) is 45.7 Å². The van der Waals surface area contributed by atoms with Gasteiger partial charge in [-0.2, -0.15) is 4.98 Å². The number of ether oxygens (including phenoxy) is 5. The molecule has 14 nitrogen and oxygen atoms in total. The number of nitrogens with one attached hydrogen (secondary N) is 2. The van der Waals surface area contributed by atoms with Crippen molar-refractivity contribution in [2.75, 3.05) is 91.1 Å². The van der Waals surface area contributed by atoms with Crippen LogP contribution in [-0.4, -0.2) is 113 Å². The maximum atomic E-state index is 14.1. The number of hydrogen-bond donors (Lipinski definition) is 2. The first-order valence-electron chi connectivity index (χ1n) is 18.5. The maximum Gasteiger partial charge on any atom is 0.425 e. The number of carbonyl (C=O) groups excluding carboxylic acids is 2. The van der Waals surface area contributed by atoms with Gasteiger partial charge in [-0.3, -0.25) is 4.79 Å². The standard InChI is InChI=1S/C41H53N7O7/c1-29-10-7-11-30(2)38(29)55-41(50)48(33-13-8-12-31(26-33)14-15-37(49)42-18-25-51-4)36-16-17-43-40(45-36)44-32-27-34(52-5)39(53-6)35(28-32)54-24-9-19-47-22-20-46(3)21-23-47/h7-8,10-13,16-17,26-28H,9,14-15,18-25H2,1-6H3,(H,42,49)(H,43,44,45). The minimum atomic E-state index is -0.658. The molecule has 0 atom stereocenters. The number of rotatable bonds is 18. The van der Waals surface area contributed by atoms with Gasteiger partial charge in [0, 0.05) is 82.9 Å². The number of aryl methyl sites for hydroxylation is 3. The lowest BCUT2D eigenvalue weighted by Gasteiger charge is -2.32. The Morgan fingerprint density at radius 1 is 0.873 bits per heavy atom. The molecular formula is C41H53N7O7. The molecule has 5 rings (SSSR count). The molecule has 1 aliphatic heterocycles. The molecule has 1 saturated heterocycles. The largest absolute Gasteiger partial charge is 0.493 e. The van der Waals surface area contributed by atoms with Crippen molar-refractivity contribution in [3.63, 3.8) is 0 Å². The molecule has 3 aromatic carbocycles. The SMILES string of the molecule is COCCNC(=O)CCc1cccc(N(C(=O)Oc2c(C)cccc2C)c2ccnc(Nc3cc(OC)c(OC)c(OCCCN4CCN(C)CC4)c3)n2)c1. The van der Waals surface area contributed by atoms with E-state index in [0.29, 0.717) is 60.6 Å². The Kier molecular flexibility index (Phi) is 15.0. The summed E-state index contributed by atoms with van der Waals surface area (Å²) in [6.07, 6.45) is 2.50. The zero-order valence-corrected chi connectivity index (χ0v) is 32.7. The van der Waals surface area contributed by atoms with Gasteiger partial charge < -0.3 is 44.1 Å². The zero-order valence-electron chi connectivity index (χ0n) is 32.7. The summed E-state index contributed by atoms with van der Waals surface area (Å²) in [7, 11) is 6.88. The van der Waals surface area contributed by atoms with E-state index in [2.05, 4.69) is 32.5 Å². The summed E-state index contributed by atoms with van der Waals surface area (Å²) < 4.78 is 28.6. The van der Waals surface area contributed by atoms with Crippen LogP contribution in [0.4, 0.5) is 27.9 Å². The Labute approximate surface area is 323 Å². The van der Waals surface area contributed by atoms with Crippen molar-refractivity contribution in [3.05, 3.63) is 83.6 Å². The van der Waals surface area contributed by atoms with Gasteiger partial charge in [-0.25, -0.2) is 14.7 Å². The predicted octanol–water partition coefficient (Wildman–Crippen LogP) is 5.90. The molecule has 1 aliphatic rings. The maximum absolute atomic E-state index is 14.1. The second-order valence-electron chi connectivity index (χ2n) is 13.4. The third kappa shape index (κ3) is 11.5. The Morgan fingerprint density at radius 2 is 1.62 bits per heavy atom. The number of likely N-dealkylation sites (N-methyl/N-ethyl adjacent to an activating group) is 1. The minimum absolute atomic E-state index is 0.0883. The third-order valence-corrected chi connectivity index (χ3v) is 9.26. The number of aromatic nitrogens is 2. The van der Waals surface area contributed by atoms with E-state index in [4.69, 9.17) is 28.7 Å². The molecule has 4 aromatic rings. The number of benzene rings is 3. The van der Waals surface area contributed by atoms with Crippen LogP contribution < -0.4 is 34.5 Å². The van der Waals surface area contributed by atoms with Gasteiger partial charge in [-0.1, -0.05) is 30.3 Å². The summed E-state index contributed by atoms with van der Waals surface area (Å²) >= 11 is 0. The molecule has 0 unspecified atom stereocenters. The van der Waals surface area contributed by atoms with E-state index in [0.717, 1.165) is 55.8 Å². The molecule has 1 aromatic heterocycles. The van der Waals surface area contributed by atoms with Gasteiger partial charge in [-0.05, 0) is 62.6 Å². The Balaban J connectivity index is 1.38. The molecule has 14 heteroatoms. The van der Waals surface area contributed by atoms with Gasteiger partial charge >= 0.3 is 6.09 Å². The van der Waals surface area contributed by atoms with Gasteiger partial charge in [0.1, 0.15) is 11.6 Å². The van der Waals surface area contributed by atoms with Crippen LogP contribution in [0.25, 0.3) is 0 Å². The van der Waals surface area contributed by atoms with E-state index < -0.39 is 6.09 Å². The van der Waals surface area contributed by atoms with Gasteiger partial charge in [0.05, 0.1) is 33.1 Å². The molecular weight excluding hydrogens is 702 g/mol. The van der Waals surface area contributed by atoms with Gasteiger partial charge in [0.15, 0.2) is 11.5 Å². The number of piperazine rings is 1. The van der Waals surface area contributed by atoms with E-state index in [-0.39, 0.29) is 24.1 Å². The van der Waals surface area contributed by atoms with E-state index in [1.165, 1.54) is 4.90 Å². The fourth-order valence-corrected chi connectivity index (χ4v) is 6.23. The number of methoxy groups -OCH3 is 3. The minimum Gasteiger partial charge on any atom is -0.493 e. The summed E-state index contributed by atoms with van der Waals surface area (Å²) in [6, 6.07) is 18.3. The van der Waals surface area contributed by atoms with E-state index >= 15 is 0 Å². The number of amides is 2. The summed E-state index contributed by atoms with van der Waals surface area (Å²) in [6.45, 7) is 10.3. The first kappa shape index (κ1) is 40.7. The molecule has 0 radical (unpaired) electrons. The highest BCUT2D eigenvalue weighted by Gasteiger charge is 2.25. The summed E-state index contributed by atoms with van der Waals surface area (Å²) in [4.78, 5) is 42.0. The highest BCUT2D eigenvalue weighted by atomic mass is 16.6. The second-order valence-corrected chi connectivity index (χ2v) is 13.4. The highest BCUT2D eigenvalue weighted by molar-refractivity contribution is 5.96. The topological polar surface area (TPSA) is 140 Å². The lowest BCUT2D eigenvalue weighted by Crippen LogP contribution is -2.44. The van der Waals surface area contributed by atoms with Crippen molar-refractivity contribution in [3.8, 4) is 23.0 Å². The molecule has 2 heterocycles. The van der Waals surface area contributed by atoms with Crippen LogP contribution in [0.3, 0.4) is 0 Å². The van der Waals surface area contributed by atoms with Crippen LogP contribution in [0.15, 0.2) is 66.9 Å². The van der Waals surface area contributed by atoms with Gasteiger partial charge in [-0.15, -0.1) is 0 Å². The number of hydrogen-bond acceptors (Lipinski definition) is 12. The predicted molar refractivity (Wildman–Crippen MR) is 213 cm³/mol. The Morgan fingerprint density at radius 3 is 2.35 bits per heavy atom. The Hall–Kier alpha value is -5.44. The number of anilines is 4. The fourth-order valence-electron chi connectivity index (χ4n) is 6.23. The molecule has 0 saturated carbocycles. The molecule has 294 valence electrons.